The van der Waals surface area contributed by atoms with Gasteiger partial charge < -0.3 is 0 Å². The van der Waals surface area contributed by atoms with Gasteiger partial charge in [-0.15, -0.1) is 0 Å². The molecule has 0 saturated heterocycles. The molecule has 0 spiro atoms. The van der Waals surface area contributed by atoms with Crippen molar-refractivity contribution in [3.63, 3.8) is 0 Å². The van der Waals surface area contributed by atoms with Crippen LogP contribution in [0.25, 0.3) is 10.9 Å². The number of hydrogen-bond acceptors (Lipinski definition) is 3. The highest BCUT2D eigenvalue weighted by Crippen LogP contribution is 2.33. The van der Waals surface area contributed by atoms with Gasteiger partial charge in [0.1, 0.15) is 3.70 Å². The lowest BCUT2D eigenvalue weighted by Crippen LogP contribution is -2.18. The van der Waals surface area contributed by atoms with Gasteiger partial charge >= 0.3 is 0 Å². The lowest BCUT2D eigenvalue weighted by molar-refractivity contribution is 0.0489. The molecule has 0 fully saturated rings. The summed E-state index contributed by atoms with van der Waals surface area (Å²) < 4.78 is 41.0. The molecule has 3 aromatic rings. The van der Waals surface area contributed by atoms with Crippen LogP contribution in [0, 0.1) is 3.70 Å². The van der Waals surface area contributed by atoms with Gasteiger partial charge in [0.2, 0.25) is 0 Å². The summed E-state index contributed by atoms with van der Waals surface area (Å²) in [5.74, 6) is -0.857. The zero-order valence-electron chi connectivity index (χ0n) is 12.8. The van der Waals surface area contributed by atoms with Gasteiger partial charge in [0.25, 0.3) is 12.3 Å². The van der Waals surface area contributed by atoms with E-state index < -0.39 is 24.1 Å². The standard InChI is InChI=1S/C17H9ClF3IN2O2/c18-10-5-2-4-9(14(19)15(20)21)13(10)17(26)24-11-6-1-3-8(7-25)12(11)16(22)23-24/h1-7,14-15H. The summed E-state index contributed by atoms with van der Waals surface area (Å²) in [4.78, 5) is 24.2. The van der Waals surface area contributed by atoms with Crippen LogP contribution in [-0.4, -0.2) is 28.4 Å². The molecule has 0 bridgehead atoms. The molecule has 134 valence electrons. The van der Waals surface area contributed by atoms with E-state index in [0.29, 0.717) is 26.5 Å². The fourth-order valence-electron chi connectivity index (χ4n) is 2.64. The molecule has 9 heteroatoms. The van der Waals surface area contributed by atoms with Crippen molar-refractivity contribution >= 4 is 57.3 Å². The summed E-state index contributed by atoms with van der Waals surface area (Å²) >= 11 is 7.86. The van der Waals surface area contributed by atoms with Gasteiger partial charge in [0.15, 0.2) is 12.5 Å². The molecule has 1 heterocycles. The SMILES string of the molecule is O=Cc1cccc2c1c(I)nn2C(=O)c1c(Cl)cccc1C(F)C(F)F. The third-order valence-electron chi connectivity index (χ3n) is 3.79. The minimum atomic E-state index is -3.31. The van der Waals surface area contributed by atoms with Crippen molar-refractivity contribution in [2.75, 3.05) is 0 Å². The van der Waals surface area contributed by atoms with E-state index in [1.54, 1.807) is 18.2 Å². The van der Waals surface area contributed by atoms with Crippen molar-refractivity contribution in [1.82, 2.24) is 9.78 Å². The average Bonchev–Trinajstić information content (AvgIpc) is 2.97. The summed E-state index contributed by atoms with van der Waals surface area (Å²) in [7, 11) is 0. The van der Waals surface area contributed by atoms with Crippen molar-refractivity contribution in [3.05, 3.63) is 61.8 Å². The topological polar surface area (TPSA) is 52.0 Å². The molecule has 0 aliphatic rings. The normalized spacial score (nSPS) is 12.5. The average molecular weight is 493 g/mol. The Labute approximate surface area is 164 Å². The molecule has 1 aromatic heterocycles. The highest BCUT2D eigenvalue weighted by Gasteiger charge is 2.30. The Hall–Kier alpha value is -1.94. The third-order valence-corrected chi connectivity index (χ3v) is 4.86. The van der Waals surface area contributed by atoms with E-state index in [-0.39, 0.29) is 10.6 Å². The molecular weight excluding hydrogens is 484 g/mol. The highest BCUT2D eigenvalue weighted by molar-refractivity contribution is 14.1. The van der Waals surface area contributed by atoms with Crippen LogP contribution in [0.2, 0.25) is 5.02 Å². The van der Waals surface area contributed by atoms with Crippen molar-refractivity contribution in [3.8, 4) is 0 Å². The molecule has 0 aliphatic carbocycles. The maximum Gasteiger partial charge on any atom is 0.280 e. The summed E-state index contributed by atoms with van der Waals surface area (Å²) in [6.45, 7) is 0. The Morgan fingerprint density at radius 2 is 1.88 bits per heavy atom. The molecule has 4 nitrogen and oxygen atoms in total. The molecule has 2 aromatic carbocycles. The molecule has 0 N–H and O–H groups in total. The first-order valence-corrected chi connectivity index (χ1v) is 8.70. The summed E-state index contributed by atoms with van der Waals surface area (Å²) in [5, 5.41) is 4.36. The monoisotopic (exact) mass is 492 g/mol. The van der Waals surface area contributed by atoms with E-state index in [0.717, 1.165) is 10.7 Å². The van der Waals surface area contributed by atoms with Crippen LogP contribution >= 0.6 is 34.2 Å². The number of rotatable bonds is 4. The van der Waals surface area contributed by atoms with Crippen LogP contribution in [0.15, 0.2) is 36.4 Å². The minimum Gasteiger partial charge on any atom is -0.298 e. The molecular formula is C17H9ClF3IN2O2. The van der Waals surface area contributed by atoms with Crippen LogP contribution in [0.4, 0.5) is 13.2 Å². The van der Waals surface area contributed by atoms with Crippen LogP contribution in [0.1, 0.15) is 32.5 Å². The second-order valence-electron chi connectivity index (χ2n) is 5.31. The fourth-order valence-corrected chi connectivity index (χ4v) is 3.71. The quantitative estimate of drug-likeness (QED) is 0.377. The smallest absolute Gasteiger partial charge is 0.280 e. The first kappa shape index (κ1) is 18.8. The number of carbonyl (C=O) groups excluding carboxylic acids is 2. The lowest BCUT2D eigenvalue weighted by Gasteiger charge is -2.14. The van der Waals surface area contributed by atoms with Crippen molar-refractivity contribution < 1.29 is 22.8 Å². The van der Waals surface area contributed by atoms with Crippen LogP contribution in [-0.2, 0) is 0 Å². The summed E-state index contributed by atoms with van der Waals surface area (Å²) in [5.41, 5.74) is -0.287. The number of aromatic nitrogens is 2. The van der Waals surface area contributed by atoms with E-state index in [1.165, 1.54) is 12.1 Å². The van der Waals surface area contributed by atoms with E-state index in [4.69, 9.17) is 11.6 Å². The van der Waals surface area contributed by atoms with E-state index in [9.17, 15) is 22.8 Å². The van der Waals surface area contributed by atoms with Gasteiger partial charge in [-0.05, 0) is 34.7 Å². The second-order valence-corrected chi connectivity index (χ2v) is 6.74. The van der Waals surface area contributed by atoms with Gasteiger partial charge in [0.05, 0.1) is 16.1 Å². The number of carbonyl (C=O) groups is 2. The number of benzene rings is 2. The summed E-state index contributed by atoms with van der Waals surface area (Å²) in [6.07, 6.45) is -5.36. The predicted molar refractivity (Wildman–Crippen MR) is 98.9 cm³/mol. The number of aldehydes is 1. The number of alkyl halides is 3. The predicted octanol–water partition coefficient (Wildman–Crippen LogP) is 5.07. The van der Waals surface area contributed by atoms with Crippen LogP contribution in [0.3, 0.4) is 0 Å². The number of halogens is 5. The summed E-state index contributed by atoms with van der Waals surface area (Å²) in [6, 6.07) is 8.35. The highest BCUT2D eigenvalue weighted by atomic mass is 127. The molecule has 1 unspecified atom stereocenters. The maximum atomic E-state index is 14.0. The maximum absolute atomic E-state index is 14.0. The molecule has 26 heavy (non-hydrogen) atoms. The Morgan fingerprint density at radius 1 is 1.19 bits per heavy atom. The van der Waals surface area contributed by atoms with Crippen molar-refractivity contribution in [2.24, 2.45) is 0 Å². The Bertz CT molecular complexity index is 1020. The van der Waals surface area contributed by atoms with Crippen LogP contribution in [0.5, 0.6) is 0 Å². The Kier molecular flexibility index (Phi) is 5.33. The molecule has 0 saturated carbocycles. The van der Waals surface area contributed by atoms with Crippen molar-refractivity contribution in [1.29, 1.82) is 0 Å². The lowest BCUT2D eigenvalue weighted by atomic mass is 10.0. The zero-order valence-corrected chi connectivity index (χ0v) is 15.7. The van der Waals surface area contributed by atoms with Crippen molar-refractivity contribution in [2.45, 2.75) is 12.6 Å². The van der Waals surface area contributed by atoms with E-state index in [1.807, 2.05) is 22.6 Å². The molecule has 0 radical (unpaired) electrons. The van der Waals surface area contributed by atoms with Gasteiger partial charge in [0, 0.05) is 16.5 Å². The molecule has 1 atom stereocenters. The fraction of sp³-hybridized carbons (Fsp3) is 0.118. The molecule has 0 amide bonds. The van der Waals surface area contributed by atoms with E-state index >= 15 is 0 Å². The Balaban J connectivity index is 2.24. The third kappa shape index (κ3) is 3.11. The number of fused-ring (bicyclic) bond motifs is 1. The second kappa shape index (κ2) is 7.36. The van der Waals surface area contributed by atoms with Gasteiger partial charge in [-0.2, -0.15) is 9.78 Å². The largest absolute Gasteiger partial charge is 0.298 e. The first-order valence-electron chi connectivity index (χ1n) is 7.24. The van der Waals surface area contributed by atoms with Crippen LogP contribution < -0.4 is 0 Å². The Morgan fingerprint density at radius 3 is 2.54 bits per heavy atom. The zero-order chi connectivity index (χ0) is 19.0. The van der Waals surface area contributed by atoms with E-state index in [2.05, 4.69) is 5.10 Å². The number of hydrogen-bond donors (Lipinski definition) is 0. The first-order chi connectivity index (χ1) is 12.4. The van der Waals surface area contributed by atoms with Gasteiger partial charge in [-0.3, -0.25) is 9.59 Å². The molecule has 3 rings (SSSR count). The minimum absolute atomic E-state index is 0.166. The number of nitrogens with zero attached hydrogens (tertiary/aromatic N) is 2. The van der Waals surface area contributed by atoms with Gasteiger partial charge in [-0.25, -0.2) is 13.2 Å². The molecule has 0 aliphatic heterocycles. The van der Waals surface area contributed by atoms with Gasteiger partial charge in [-0.1, -0.05) is 35.9 Å².